The van der Waals surface area contributed by atoms with Crippen LogP contribution in [0.4, 0.5) is 5.69 Å². The molecule has 0 radical (unpaired) electrons. The number of nitrogens with zero attached hydrogens (tertiary/aromatic N) is 2. The zero-order valence-corrected chi connectivity index (χ0v) is 11.1. The number of furan rings is 1. The summed E-state index contributed by atoms with van der Waals surface area (Å²) in [7, 11) is 0. The van der Waals surface area contributed by atoms with Crippen LogP contribution in [0.5, 0.6) is 0 Å². The number of halogens is 1. The third kappa shape index (κ3) is 2.81. The van der Waals surface area contributed by atoms with Gasteiger partial charge in [0, 0.05) is 18.7 Å². The number of hydrogen-bond acceptors (Lipinski definition) is 4. The van der Waals surface area contributed by atoms with Gasteiger partial charge in [0.05, 0.1) is 23.7 Å². The molecule has 19 heavy (non-hydrogen) atoms. The zero-order chi connectivity index (χ0) is 13.2. The van der Waals surface area contributed by atoms with Crippen molar-refractivity contribution in [3.63, 3.8) is 0 Å². The van der Waals surface area contributed by atoms with Gasteiger partial charge in [-0.2, -0.15) is 5.10 Å². The molecule has 2 aromatic rings. The zero-order valence-electron chi connectivity index (χ0n) is 10.3. The van der Waals surface area contributed by atoms with Crippen LogP contribution in [0.1, 0.15) is 18.4 Å². The van der Waals surface area contributed by atoms with Gasteiger partial charge in [-0.1, -0.05) is 11.6 Å². The molecule has 5 nitrogen and oxygen atoms in total. The van der Waals surface area contributed by atoms with Crippen molar-refractivity contribution >= 4 is 17.3 Å². The summed E-state index contributed by atoms with van der Waals surface area (Å²) in [6.45, 7) is 1.18. The number of hydrogen-bond donors (Lipinski definition) is 1. The van der Waals surface area contributed by atoms with Crippen LogP contribution < -0.4 is 10.9 Å². The average Bonchev–Trinajstić information content (AvgIpc) is 3.06. The largest absolute Gasteiger partial charge is 0.472 e. The van der Waals surface area contributed by atoms with Gasteiger partial charge in [0.1, 0.15) is 5.69 Å². The molecule has 0 atom stereocenters. The molecule has 0 spiro atoms. The van der Waals surface area contributed by atoms with Gasteiger partial charge < -0.3 is 9.73 Å². The molecule has 0 unspecified atom stereocenters. The standard InChI is InChI=1S/C13H14ClN3O2/c14-11-6-16-17(7-9-1-2-9)13(18)12(11)15-5-10-3-4-19-8-10/h3-4,6,8-9,15H,1-2,5,7H2. The highest BCUT2D eigenvalue weighted by Crippen LogP contribution is 2.30. The second kappa shape index (κ2) is 5.09. The Kier molecular flexibility index (Phi) is 3.29. The van der Waals surface area contributed by atoms with Gasteiger partial charge in [-0.05, 0) is 24.8 Å². The second-order valence-electron chi connectivity index (χ2n) is 4.78. The molecule has 0 amide bonds. The normalized spacial score (nSPS) is 14.6. The summed E-state index contributed by atoms with van der Waals surface area (Å²) in [6, 6.07) is 1.84. The van der Waals surface area contributed by atoms with Gasteiger partial charge in [0.25, 0.3) is 5.56 Å². The van der Waals surface area contributed by atoms with Crippen LogP contribution in [0.15, 0.2) is 34.0 Å². The first kappa shape index (κ1) is 12.3. The van der Waals surface area contributed by atoms with Gasteiger partial charge in [-0.15, -0.1) is 0 Å². The summed E-state index contributed by atoms with van der Waals surface area (Å²) in [5.74, 6) is 0.591. The Morgan fingerprint density at radius 3 is 3.05 bits per heavy atom. The molecule has 100 valence electrons. The minimum absolute atomic E-state index is 0.164. The molecule has 1 fully saturated rings. The van der Waals surface area contributed by atoms with E-state index in [1.165, 1.54) is 23.7 Å². The van der Waals surface area contributed by atoms with Crippen LogP contribution in [0.2, 0.25) is 5.02 Å². The van der Waals surface area contributed by atoms with Crippen molar-refractivity contribution in [1.82, 2.24) is 9.78 Å². The van der Waals surface area contributed by atoms with E-state index in [1.54, 1.807) is 12.5 Å². The van der Waals surface area contributed by atoms with Crippen LogP contribution in [-0.2, 0) is 13.1 Å². The summed E-state index contributed by atoms with van der Waals surface area (Å²) in [4.78, 5) is 12.2. The first-order valence-electron chi connectivity index (χ1n) is 6.24. The Balaban J connectivity index is 1.80. The molecule has 1 aliphatic carbocycles. The number of aromatic nitrogens is 2. The smallest absolute Gasteiger partial charge is 0.291 e. The Labute approximate surface area is 115 Å². The molecule has 3 rings (SSSR count). The van der Waals surface area contributed by atoms with E-state index in [4.69, 9.17) is 16.0 Å². The highest BCUT2D eigenvalue weighted by Gasteiger charge is 2.23. The van der Waals surface area contributed by atoms with E-state index < -0.39 is 0 Å². The Bertz CT molecular complexity index is 617. The SMILES string of the molecule is O=c1c(NCc2ccoc2)c(Cl)cnn1CC1CC1. The summed E-state index contributed by atoms with van der Waals surface area (Å²) >= 11 is 6.03. The van der Waals surface area contributed by atoms with Crippen LogP contribution in [0.25, 0.3) is 0 Å². The lowest BCUT2D eigenvalue weighted by Crippen LogP contribution is -2.26. The monoisotopic (exact) mass is 279 g/mol. The Morgan fingerprint density at radius 2 is 2.37 bits per heavy atom. The molecule has 0 aromatic carbocycles. The van der Waals surface area contributed by atoms with E-state index in [-0.39, 0.29) is 5.56 Å². The molecule has 0 saturated heterocycles. The first-order valence-corrected chi connectivity index (χ1v) is 6.62. The molecule has 1 N–H and O–H groups in total. The lowest BCUT2D eigenvalue weighted by molar-refractivity contribution is 0.534. The predicted molar refractivity (Wildman–Crippen MR) is 72.3 cm³/mol. The molecule has 2 aromatic heterocycles. The van der Waals surface area contributed by atoms with Crippen molar-refractivity contribution in [2.45, 2.75) is 25.9 Å². The van der Waals surface area contributed by atoms with E-state index in [0.717, 1.165) is 5.56 Å². The fourth-order valence-corrected chi connectivity index (χ4v) is 2.08. The Morgan fingerprint density at radius 1 is 1.53 bits per heavy atom. The van der Waals surface area contributed by atoms with Crippen LogP contribution in [0, 0.1) is 5.92 Å². The maximum absolute atomic E-state index is 12.2. The van der Waals surface area contributed by atoms with Crippen LogP contribution in [0.3, 0.4) is 0 Å². The topological polar surface area (TPSA) is 60.1 Å². The van der Waals surface area contributed by atoms with Gasteiger partial charge in [-0.25, -0.2) is 4.68 Å². The first-order chi connectivity index (χ1) is 9.24. The van der Waals surface area contributed by atoms with Crippen molar-refractivity contribution in [3.8, 4) is 0 Å². The fraction of sp³-hybridized carbons (Fsp3) is 0.385. The van der Waals surface area contributed by atoms with Crippen LogP contribution >= 0.6 is 11.6 Å². The van der Waals surface area contributed by atoms with Crippen molar-refractivity contribution in [2.75, 3.05) is 5.32 Å². The second-order valence-corrected chi connectivity index (χ2v) is 5.19. The van der Waals surface area contributed by atoms with Crippen LogP contribution in [-0.4, -0.2) is 9.78 Å². The van der Waals surface area contributed by atoms with E-state index in [0.29, 0.717) is 29.7 Å². The highest BCUT2D eigenvalue weighted by molar-refractivity contribution is 6.32. The molecule has 1 saturated carbocycles. The van der Waals surface area contributed by atoms with E-state index in [9.17, 15) is 4.79 Å². The van der Waals surface area contributed by atoms with Gasteiger partial charge in [-0.3, -0.25) is 4.79 Å². The van der Waals surface area contributed by atoms with E-state index >= 15 is 0 Å². The number of rotatable bonds is 5. The minimum Gasteiger partial charge on any atom is -0.472 e. The summed E-state index contributed by atoms with van der Waals surface area (Å²) in [6.07, 6.45) is 7.09. The summed E-state index contributed by atoms with van der Waals surface area (Å²) < 4.78 is 6.47. The predicted octanol–water partition coefficient (Wildman–Crippen LogP) is 2.51. The van der Waals surface area contributed by atoms with Crippen molar-refractivity contribution in [2.24, 2.45) is 5.92 Å². The van der Waals surface area contributed by atoms with Gasteiger partial charge in [0.2, 0.25) is 0 Å². The summed E-state index contributed by atoms with van der Waals surface area (Å²) in [5, 5.41) is 7.48. The van der Waals surface area contributed by atoms with Gasteiger partial charge in [0.15, 0.2) is 0 Å². The fourth-order valence-electron chi connectivity index (χ4n) is 1.89. The average molecular weight is 280 g/mol. The minimum atomic E-state index is -0.164. The third-order valence-corrected chi connectivity index (χ3v) is 3.46. The molecular weight excluding hydrogens is 266 g/mol. The maximum atomic E-state index is 12.2. The van der Waals surface area contributed by atoms with Crippen molar-refractivity contribution in [1.29, 1.82) is 0 Å². The lowest BCUT2D eigenvalue weighted by atomic mass is 10.3. The molecule has 0 bridgehead atoms. The number of anilines is 1. The molecule has 6 heteroatoms. The molecule has 0 aliphatic heterocycles. The van der Waals surface area contributed by atoms with Gasteiger partial charge >= 0.3 is 0 Å². The quantitative estimate of drug-likeness (QED) is 0.913. The number of nitrogens with one attached hydrogen (secondary N) is 1. The van der Waals surface area contributed by atoms with Crippen molar-refractivity contribution in [3.05, 3.63) is 45.7 Å². The van der Waals surface area contributed by atoms with E-state index in [2.05, 4.69) is 10.4 Å². The third-order valence-electron chi connectivity index (χ3n) is 3.18. The molecule has 1 aliphatic rings. The Hall–Kier alpha value is -1.75. The molecular formula is C13H14ClN3O2. The highest BCUT2D eigenvalue weighted by atomic mass is 35.5. The maximum Gasteiger partial charge on any atom is 0.291 e. The summed E-state index contributed by atoms with van der Waals surface area (Å²) in [5.41, 5.74) is 1.20. The van der Waals surface area contributed by atoms with E-state index in [1.807, 2.05) is 6.07 Å². The lowest BCUT2D eigenvalue weighted by Gasteiger charge is -2.09. The molecule has 2 heterocycles. The van der Waals surface area contributed by atoms with Crippen molar-refractivity contribution < 1.29 is 4.42 Å².